The lowest BCUT2D eigenvalue weighted by Gasteiger charge is -2.45. The first-order chi connectivity index (χ1) is 14.3. The van der Waals surface area contributed by atoms with Gasteiger partial charge in [-0.2, -0.15) is 0 Å². The first-order valence-electron chi connectivity index (χ1n) is 10.1. The van der Waals surface area contributed by atoms with Gasteiger partial charge in [0.15, 0.2) is 5.13 Å². The summed E-state index contributed by atoms with van der Waals surface area (Å²) in [5, 5.41) is 9.85. The predicted octanol–water partition coefficient (Wildman–Crippen LogP) is 2.65. The van der Waals surface area contributed by atoms with Crippen LogP contribution in [0.25, 0.3) is 0 Å². The maximum atomic E-state index is 12.6. The molecule has 1 fully saturated rings. The lowest BCUT2D eigenvalue weighted by molar-refractivity contribution is -0.134. The molecule has 0 saturated carbocycles. The Labute approximate surface area is 179 Å². The van der Waals surface area contributed by atoms with E-state index >= 15 is 0 Å². The zero-order valence-electron chi connectivity index (χ0n) is 17.1. The molecule has 0 aliphatic carbocycles. The predicted molar refractivity (Wildman–Crippen MR) is 116 cm³/mol. The molecule has 0 bridgehead atoms. The van der Waals surface area contributed by atoms with E-state index in [-0.39, 0.29) is 30.6 Å². The molecule has 1 aromatic heterocycles. The summed E-state index contributed by atoms with van der Waals surface area (Å²) in [6.45, 7) is 4.91. The van der Waals surface area contributed by atoms with Gasteiger partial charge in [-0.15, -0.1) is 11.3 Å². The maximum Gasteiger partial charge on any atom is 0.255 e. The quantitative estimate of drug-likeness (QED) is 0.696. The van der Waals surface area contributed by atoms with Crippen LogP contribution < -0.4 is 16.0 Å². The van der Waals surface area contributed by atoms with Gasteiger partial charge in [-0.1, -0.05) is 12.1 Å². The Balaban J connectivity index is 1.27. The van der Waals surface area contributed by atoms with Gasteiger partial charge in [-0.05, 0) is 26.0 Å². The number of hydrogen-bond acceptors (Lipinski definition) is 6. The molecule has 2 aliphatic rings. The van der Waals surface area contributed by atoms with Crippen molar-refractivity contribution >= 4 is 39.9 Å². The molecule has 0 unspecified atom stereocenters. The summed E-state index contributed by atoms with van der Waals surface area (Å²) in [4.78, 5) is 44.3. The number of carbonyl (C=O) groups excluding carboxylic acids is 3. The zero-order chi connectivity index (χ0) is 21.3. The van der Waals surface area contributed by atoms with E-state index in [1.54, 1.807) is 11.0 Å². The second-order valence-corrected chi connectivity index (χ2v) is 9.00. The lowest BCUT2D eigenvalue weighted by Crippen LogP contribution is -2.62. The monoisotopic (exact) mass is 427 g/mol. The fourth-order valence-electron chi connectivity index (χ4n) is 3.84. The topological polar surface area (TPSA) is 103 Å². The average molecular weight is 428 g/mol. The number of aryl methyl sites for hydroxylation is 2. The van der Waals surface area contributed by atoms with Crippen LogP contribution in [0.5, 0.6) is 0 Å². The first-order valence-corrected chi connectivity index (χ1v) is 10.9. The van der Waals surface area contributed by atoms with E-state index in [1.165, 1.54) is 11.3 Å². The van der Waals surface area contributed by atoms with Crippen LogP contribution in [-0.4, -0.2) is 46.4 Å². The van der Waals surface area contributed by atoms with Gasteiger partial charge in [0.25, 0.3) is 5.91 Å². The largest absolute Gasteiger partial charge is 0.362 e. The van der Waals surface area contributed by atoms with Crippen LogP contribution in [0.15, 0.2) is 24.3 Å². The van der Waals surface area contributed by atoms with Crippen molar-refractivity contribution in [1.29, 1.82) is 0 Å². The molecule has 3 amide bonds. The van der Waals surface area contributed by atoms with E-state index in [0.29, 0.717) is 36.6 Å². The number of rotatable bonds is 4. The fourth-order valence-corrected chi connectivity index (χ4v) is 4.67. The minimum Gasteiger partial charge on any atom is -0.362 e. The summed E-state index contributed by atoms with van der Waals surface area (Å²) in [5.41, 5.74) is 1.84. The molecular formula is C21H25N5O3S. The van der Waals surface area contributed by atoms with Gasteiger partial charge in [0.1, 0.15) is 5.66 Å². The number of nitrogens with one attached hydrogen (secondary N) is 3. The molecule has 0 radical (unpaired) electrons. The fraction of sp³-hybridized carbons (Fsp3) is 0.429. The van der Waals surface area contributed by atoms with Crippen molar-refractivity contribution in [2.24, 2.45) is 0 Å². The Bertz CT molecular complexity index is 975. The van der Waals surface area contributed by atoms with Crippen LogP contribution in [-0.2, 0) is 9.59 Å². The molecule has 8 nitrogen and oxygen atoms in total. The van der Waals surface area contributed by atoms with E-state index in [4.69, 9.17) is 0 Å². The third kappa shape index (κ3) is 4.16. The van der Waals surface area contributed by atoms with Gasteiger partial charge < -0.3 is 20.9 Å². The molecule has 0 atom stereocenters. The molecule has 30 heavy (non-hydrogen) atoms. The van der Waals surface area contributed by atoms with Gasteiger partial charge in [0, 0.05) is 49.3 Å². The highest BCUT2D eigenvalue weighted by atomic mass is 32.1. The molecule has 2 aliphatic heterocycles. The van der Waals surface area contributed by atoms with Crippen molar-refractivity contribution in [2.75, 3.05) is 23.7 Å². The number of fused-ring (bicyclic) bond motifs is 1. The summed E-state index contributed by atoms with van der Waals surface area (Å²) in [5.74, 6) is -0.342. The van der Waals surface area contributed by atoms with E-state index in [0.717, 1.165) is 16.3 Å². The van der Waals surface area contributed by atoms with Gasteiger partial charge in [0.05, 0.1) is 11.3 Å². The number of carbonyl (C=O) groups is 3. The number of anilines is 2. The van der Waals surface area contributed by atoms with Gasteiger partial charge in [-0.3, -0.25) is 14.4 Å². The number of aromatic nitrogens is 1. The average Bonchev–Trinajstić information content (AvgIpc) is 3.03. The van der Waals surface area contributed by atoms with Crippen molar-refractivity contribution < 1.29 is 14.4 Å². The standard InChI is InChI=1S/C21H25N5O3S/c1-13-14(2)30-20(22-13)23-17(27)7-8-18(28)26-11-9-21(10-12-26)24-16-6-4-3-5-15(16)19(29)25-21/h3-6,24H,7-12H2,1-2H3,(H,25,29)(H,22,23,27). The Morgan fingerprint density at radius 3 is 2.60 bits per heavy atom. The van der Waals surface area contributed by atoms with Crippen molar-refractivity contribution in [1.82, 2.24) is 15.2 Å². The number of hydrogen-bond donors (Lipinski definition) is 3. The molecule has 1 saturated heterocycles. The Kier molecular flexibility index (Phi) is 5.46. The van der Waals surface area contributed by atoms with Crippen molar-refractivity contribution in [3.05, 3.63) is 40.4 Å². The smallest absolute Gasteiger partial charge is 0.255 e. The molecule has 1 spiro atoms. The number of para-hydroxylation sites is 1. The first kappa shape index (κ1) is 20.3. The summed E-state index contributed by atoms with van der Waals surface area (Å²) < 4.78 is 0. The summed E-state index contributed by atoms with van der Waals surface area (Å²) >= 11 is 1.43. The molecule has 4 rings (SSSR count). The second kappa shape index (κ2) is 8.06. The normalized spacial score (nSPS) is 17.1. The lowest BCUT2D eigenvalue weighted by atomic mass is 9.92. The van der Waals surface area contributed by atoms with Crippen LogP contribution in [0.1, 0.15) is 46.6 Å². The highest BCUT2D eigenvalue weighted by molar-refractivity contribution is 7.15. The molecule has 1 aromatic carbocycles. The van der Waals surface area contributed by atoms with Crippen LogP contribution >= 0.6 is 11.3 Å². The molecule has 3 N–H and O–H groups in total. The molecule has 3 heterocycles. The summed E-state index contributed by atoms with van der Waals surface area (Å²) in [7, 11) is 0. The van der Waals surface area contributed by atoms with E-state index < -0.39 is 5.66 Å². The minimum absolute atomic E-state index is 0.0472. The zero-order valence-corrected chi connectivity index (χ0v) is 17.9. The Morgan fingerprint density at radius 2 is 1.90 bits per heavy atom. The SMILES string of the molecule is Cc1nc(NC(=O)CCC(=O)N2CCC3(CC2)NC(=O)c2ccccc2N3)sc1C. The van der Waals surface area contributed by atoms with Crippen LogP contribution in [0.3, 0.4) is 0 Å². The number of benzene rings is 1. The van der Waals surface area contributed by atoms with Crippen LogP contribution in [0.2, 0.25) is 0 Å². The highest BCUT2D eigenvalue weighted by Gasteiger charge is 2.40. The van der Waals surface area contributed by atoms with E-state index in [2.05, 4.69) is 20.9 Å². The Hall–Kier alpha value is -2.94. The maximum absolute atomic E-state index is 12.6. The second-order valence-electron chi connectivity index (χ2n) is 7.80. The molecule has 158 valence electrons. The van der Waals surface area contributed by atoms with Crippen LogP contribution in [0.4, 0.5) is 10.8 Å². The highest BCUT2D eigenvalue weighted by Crippen LogP contribution is 2.31. The number of thiazole rings is 1. The number of piperidine rings is 1. The number of likely N-dealkylation sites (tertiary alicyclic amines) is 1. The van der Waals surface area contributed by atoms with Gasteiger partial charge >= 0.3 is 0 Å². The van der Waals surface area contributed by atoms with E-state index in [1.807, 2.05) is 32.0 Å². The summed E-state index contributed by atoms with van der Waals surface area (Å²) in [6.07, 6.45) is 1.51. The van der Waals surface area contributed by atoms with Crippen LogP contribution in [0, 0.1) is 13.8 Å². The third-order valence-electron chi connectivity index (χ3n) is 5.71. The van der Waals surface area contributed by atoms with Crippen molar-refractivity contribution in [3.8, 4) is 0 Å². The number of nitrogens with zero attached hydrogens (tertiary/aromatic N) is 2. The number of amides is 3. The van der Waals surface area contributed by atoms with Gasteiger partial charge in [0.2, 0.25) is 11.8 Å². The molecule has 9 heteroatoms. The van der Waals surface area contributed by atoms with E-state index in [9.17, 15) is 14.4 Å². The molecular weight excluding hydrogens is 402 g/mol. The van der Waals surface area contributed by atoms with Crippen molar-refractivity contribution in [3.63, 3.8) is 0 Å². The van der Waals surface area contributed by atoms with Crippen molar-refractivity contribution in [2.45, 2.75) is 45.2 Å². The summed E-state index contributed by atoms with van der Waals surface area (Å²) in [6, 6.07) is 7.43. The third-order valence-corrected chi connectivity index (χ3v) is 6.70. The minimum atomic E-state index is -0.528. The van der Waals surface area contributed by atoms with Gasteiger partial charge in [-0.25, -0.2) is 4.98 Å². The molecule has 2 aromatic rings. The Morgan fingerprint density at radius 1 is 1.17 bits per heavy atom.